The molecule has 0 saturated carbocycles. The number of fused-ring (bicyclic) bond motifs is 2. The van der Waals surface area contributed by atoms with E-state index in [9.17, 15) is 18.0 Å². The van der Waals surface area contributed by atoms with Gasteiger partial charge in [0.25, 0.3) is 5.56 Å². The minimum absolute atomic E-state index is 0.0121. The Morgan fingerprint density at radius 3 is 2.69 bits per heavy atom. The molecular formula is C23H24F3N7OS. The average molecular weight is 504 g/mol. The first-order valence-electron chi connectivity index (χ1n) is 11.1. The summed E-state index contributed by atoms with van der Waals surface area (Å²) in [5.41, 5.74) is 2.81. The standard InChI is InChI=1S/C23H24F3N7OS/c1-22(2,3)17-11-35-21(30-17)33-18-16(19(34)32(33)12-23(24,25)26)10-28-20(31-18)29-15-5-4-13-6-7-27-9-14(13)8-15/h4-5,8,10-11,27H,6-7,9,12H2,1-3H3,(H,28,29,31). The molecule has 1 aromatic carbocycles. The third-order valence-electron chi connectivity index (χ3n) is 5.80. The van der Waals surface area contributed by atoms with Crippen molar-refractivity contribution in [1.82, 2.24) is 29.6 Å². The highest BCUT2D eigenvalue weighted by atomic mass is 32.1. The summed E-state index contributed by atoms with van der Waals surface area (Å²) in [6, 6.07) is 5.94. The largest absolute Gasteiger partial charge is 0.408 e. The van der Waals surface area contributed by atoms with Crippen LogP contribution in [0.1, 0.15) is 37.6 Å². The van der Waals surface area contributed by atoms with Crippen LogP contribution in [-0.2, 0) is 24.9 Å². The zero-order valence-electron chi connectivity index (χ0n) is 19.4. The van der Waals surface area contributed by atoms with E-state index >= 15 is 0 Å². The second-order valence-corrected chi connectivity index (χ2v) is 10.4. The zero-order valence-corrected chi connectivity index (χ0v) is 20.2. The predicted molar refractivity (Wildman–Crippen MR) is 129 cm³/mol. The van der Waals surface area contributed by atoms with Crippen molar-refractivity contribution in [3.8, 4) is 5.13 Å². The van der Waals surface area contributed by atoms with Crippen LogP contribution in [0.3, 0.4) is 0 Å². The summed E-state index contributed by atoms with van der Waals surface area (Å²) < 4.78 is 42.0. The van der Waals surface area contributed by atoms with E-state index in [1.54, 1.807) is 5.38 Å². The number of hydrogen-bond donors (Lipinski definition) is 2. The van der Waals surface area contributed by atoms with Crippen molar-refractivity contribution >= 4 is 34.0 Å². The topological polar surface area (TPSA) is 89.7 Å². The van der Waals surface area contributed by atoms with Crippen LogP contribution in [0.25, 0.3) is 16.2 Å². The Morgan fingerprint density at radius 1 is 1.17 bits per heavy atom. The Balaban J connectivity index is 1.61. The lowest BCUT2D eigenvalue weighted by Crippen LogP contribution is -2.30. The maximum Gasteiger partial charge on any atom is 0.408 e. The van der Waals surface area contributed by atoms with E-state index < -0.39 is 18.3 Å². The Morgan fingerprint density at radius 2 is 1.97 bits per heavy atom. The fourth-order valence-corrected chi connectivity index (χ4v) is 5.05. The molecule has 184 valence electrons. The van der Waals surface area contributed by atoms with Gasteiger partial charge in [0, 0.05) is 29.2 Å². The number of aromatic nitrogens is 5. The van der Waals surface area contributed by atoms with Crippen molar-refractivity contribution in [3.63, 3.8) is 0 Å². The van der Waals surface area contributed by atoms with Gasteiger partial charge in [0.1, 0.15) is 11.9 Å². The van der Waals surface area contributed by atoms with Crippen LogP contribution in [0.5, 0.6) is 0 Å². The molecule has 3 aromatic heterocycles. The highest BCUT2D eigenvalue weighted by Gasteiger charge is 2.33. The molecule has 35 heavy (non-hydrogen) atoms. The molecule has 2 N–H and O–H groups in total. The number of hydrogen-bond acceptors (Lipinski definition) is 7. The van der Waals surface area contributed by atoms with Crippen LogP contribution in [0.2, 0.25) is 0 Å². The minimum atomic E-state index is -4.61. The van der Waals surface area contributed by atoms with Gasteiger partial charge in [-0.2, -0.15) is 18.2 Å². The highest BCUT2D eigenvalue weighted by Crippen LogP contribution is 2.29. The lowest BCUT2D eigenvalue weighted by molar-refractivity contribution is -0.144. The average Bonchev–Trinajstić information content (AvgIpc) is 3.36. The van der Waals surface area contributed by atoms with Gasteiger partial charge in [-0.05, 0) is 36.2 Å². The van der Waals surface area contributed by atoms with Gasteiger partial charge in [-0.3, -0.25) is 4.79 Å². The van der Waals surface area contributed by atoms with Crippen LogP contribution in [0.15, 0.2) is 34.6 Å². The van der Waals surface area contributed by atoms with Gasteiger partial charge in [0.2, 0.25) is 11.1 Å². The normalized spacial score (nSPS) is 14.3. The summed E-state index contributed by atoms with van der Waals surface area (Å²) in [4.78, 5) is 26.1. The van der Waals surface area contributed by atoms with Crippen LogP contribution in [-0.4, -0.2) is 37.0 Å². The monoisotopic (exact) mass is 503 g/mol. The Kier molecular flexibility index (Phi) is 5.67. The molecule has 0 aliphatic carbocycles. The van der Waals surface area contributed by atoms with Crippen LogP contribution < -0.4 is 16.2 Å². The van der Waals surface area contributed by atoms with Gasteiger partial charge in [0.05, 0.1) is 5.69 Å². The number of thiazole rings is 1. The predicted octanol–water partition coefficient (Wildman–Crippen LogP) is 4.29. The van der Waals surface area contributed by atoms with Crippen molar-refractivity contribution in [3.05, 3.63) is 57.0 Å². The lowest BCUT2D eigenvalue weighted by Gasteiger charge is -2.18. The molecular weight excluding hydrogens is 479 g/mol. The number of anilines is 2. The first kappa shape index (κ1) is 23.5. The van der Waals surface area contributed by atoms with Gasteiger partial charge >= 0.3 is 6.18 Å². The summed E-state index contributed by atoms with van der Waals surface area (Å²) in [6.45, 7) is 6.10. The molecule has 0 radical (unpaired) electrons. The number of alkyl halides is 3. The maximum absolute atomic E-state index is 13.4. The van der Waals surface area contributed by atoms with E-state index in [-0.39, 0.29) is 27.5 Å². The van der Waals surface area contributed by atoms with Crippen molar-refractivity contribution < 1.29 is 13.2 Å². The summed E-state index contributed by atoms with van der Waals surface area (Å²) in [5.74, 6) is 0.173. The van der Waals surface area contributed by atoms with Gasteiger partial charge in [-0.15, -0.1) is 11.3 Å². The van der Waals surface area contributed by atoms with E-state index in [4.69, 9.17) is 0 Å². The Bertz CT molecular complexity index is 1460. The van der Waals surface area contributed by atoms with E-state index in [1.165, 1.54) is 11.8 Å². The fourth-order valence-electron chi connectivity index (χ4n) is 3.99. The third-order valence-corrected chi connectivity index (χ3v) is 6.61. The van der Waals surface area contributed by atoms with Gasteiger partial charge in [-0.1, -0.05) is 26.8 Å². The van der Waals surface area contributed by atoms with E-state index in [1.807, 2.05) is 39.0 Å². The first-order chi connectivity index (χ1) is 16.5. The van der Waals surface area contributed by atoms with Crippen molar-refractivity contribution in [1.29, 1.82) is 0 Å². The Labute approximate surface area is 202 Å². The second-order valence-electron chi connectivity index (χ2n) is 9.52. The van der Waals surface area contributed by atoms with Crippen molar-refractivity contribution in [2.45, 2.75) is 51.9 Å². The molecule has 0 unspecified atom stereocenters. The number of halogens is 3. The van der Waals surface area contributed by atoms with Crippen LogP contribution in [0, 0.1) is 0 Å². The van der Waals surface area contributed by atoms with E-state index in [0.717, 1.165) is 46.8 Å². The summed E-state index contributed by atoms with van der Waals surface area (Å²) in [6.07, 6.45) is -2.40. The van der Waals surface area contributed by atoms with E-state index in [0.29, 0.717) is 10.4 Å². The molecule has 0 saturated heterocycles. The quantitative estimate of drug-likeness (QED) is 0.432. The summed E-state index contributed by atoms with van der Waals surface area (Å²) >= 11 is 1.16. The molecule has 12 heteroatoms. The van der Waals surface area contributed by atoms with Gasteiger partial charge in [-0.25, -0.2) is 19.3 Å². The van der Waals surface area contributed by atoms with Gasteiger partial charge < -0.3 is 10.6 Å². The van der Waals surface area contributed by atoms with Gasteiger partial charge in [0.15, 0.2) is 5.65 Å². The van der Waals surface area contributed by atoms with Crippen molar-refractivity contribution in [2.24, 2.45) is 0 Å². The third kappa shape index (κ3) is 4.67. The molecule has 1 aliphatic heterocycles. The molecule has 0 spiro atoms. The number of benzene rings is 1. The first-order valence-corrected chi connectivity index (χ1v) is 12.0. The fraction of sp³-hybridized carbons (Fsp3) is 0.391. The molecule has 0 amide bonds. The smallest absolute Gasteiger partial charge is 0.324 e. The van der Waals surface area contributed by atoms with Crippen molar-refractivity contribution in [2.75, 3.05) is 11.9 Å². The zero-order chi connectivity index (χ0) is 25.0. The molecule has 8 nitrogen and oxygen atoms in total. The lowest BCUT2D eigenvalue weighted by atomic mass is 9.93. The maximum atomic E-state index is 13.4. The highest BCUT2D eigenvalue weighted by molar-refractivity contribution is 7.12. The number of nitrogens with zero attached hydrogens (tertiary/aromatic N) is 5. The second kappa shape index (κ2) is 8.45. The number of nitrogens with one attached hydrogen (secondary N) is 2. The SMILES string of the molecule is CC(C)(C)c1csc(-n2c3nc(Nc4ccc5c(c4)CNCC5)ncc3c(=O)n2CC(F)(F)F)n1. The molecule has 1 aliphatic rings. The molecule has 5 rings (SSSR count). The molecule has 0 atom stereocenters. The molecule has 0 bridgehead atoms. The van der Waals surface area contributed by atoms with Crippen LogP contribution >= 0.6 is 11.3 Å². The Hall–Kier alpha value is -3.25. The summed E-state index contributed by atoms with van der Waals surface area (Å²) in [5, 5.41) is 8.44. The molecule has 4 heterocycles. The number of rotatable bonds is 4. The summed E-state index contributed by atoms with van der Waals surface area (Å²) in [7, 11) is 0. The van der Waals surface area contributed by atoms with Crippen LogP contribution in [0.4, 0.5) is 24.8 Å². The van der Waals surface area contributed by atoms with E-state index in [2.05, 4.69) is 25.6 Å². The minimum Gasteiger partial charge on any atom is -0.324 e. The molecule has 0 fully saturated rings. The molecule has 4 aromatic rings.